The van der Waals surface area contributed by atoms with Crippen molar-refractivity contribution in [2.45, 2.75) is 39.4 Å². The first-order chi connectivity index (χ1) is 15.0. The van der Waals surface area contributed by atoms with Crippen molar-refractivity contribution in [2.75, 3.05) is 6.54 Å². The predicted octanol–water partition coefficient (Wildman–Crippen LogP) is 3.16. The van der Waals surface area contributed by atoms with Crippen LogP contribution in [0.2, 0.25) is 0 Å². The van der Waals surface area contributed by atoms with Crippen LogP contribution in [-0.2, 0) is 29.1 Å². The van der Waals surface area contributed by atoms with E-state index >= 15 is 0 Å². The van der Waals surface area contributed by atoms with E-state index in [9.17, 15) is 14.4 Å². The summed E-state index contributed by atoms with van der Waals surface area (Å²) in [7, 11) is 0. The maximum absolute atomic E-state index is 12.8. The summed E-state index contributed by atoms with van der Waals surface area (Å²) < 4.78 is 1.96. The minimum Gasteiger partial charge on any atom is -0.333 e. The summed E-state index contributed by atoms with van der Waals surface area (Å²) in [6.07, 6.45) is 0.822. The molecule has 0 unspecified atom stereocenters. The van der Waals surface area contributed by atoms with Gasteiger partial charge in [0.05, 0.1) is 11.1 Å². The Bertz CT molecular complexity index is 1190. The van der Waals surface area contributed by atoms with Crippen LogP contribution < -0.4 is 0 Å². The number of hydroxylamine groups is 2. The van der Waals surface area contributed by atoms with E-state index in [1.54, 1.807) is 24.3 Å². The van der Waals surface area contributed by atoms with Crippen LogP contribution in [0.25, 0.3) is 10.9 Å². The van der Waals surface area contributed by atoms with Gasteiger partial charge in [0.15, 0.2) is 0 Å². The second kappa shape index (κ2) is 7.35. The third kappa shape index (κ3) is 3.13. The Morgan fingerprint density at radius 2 is 1.65 bits per heavy atom. The molecule has 3 aromatic rings. The van der Waals surface area contributed by atoms with Gasteiger partial charge in [-0.05, 0) is 37.6 Å². The normalized spacial score (nSPS) is 16.2. The number of aromatic nitrogens is 1. The first-order valence-corrected chi connectivity index (χ1v) is 10.5. The fourth-order valence-electron chi connectivity index (χ4n) is 4.55. The lowest BCUT2D eigenvalue weighted by Crippen LogP contribution is -2.37. The van der Waals surface area contributed by atoms with E-state index in [0.29, 0.717) is 11.1 Å². The van der Waals surface area contributed by atoms with E-state index < -0.39 is 17.8 Å². The molecule has 0 fully saturated rings. The van der Waals surface area contributed by atoms with Crippen molar-refractivity contribution in [3.8, 4) is 0 Å². The fraction of sp³-hybridized carbons (Fsp3) is 0.292. The quantitative estimate of drug-likeness (QED) is 0.610. The fourth-order valence-corrected chi connectivity index (χ4v) is 4.55. The largest absolute Gasteiger partial charge is 0.352 e. The molecular weight excluding hydrogens is 394 g/mol. The summed E-state index contributed by atoms with van der Waals surface area (Å²) in [5.74, 6) is -1.87. The van der Waals surface area contributed by atoms with Crippen molar-refractivity contribution < 1.29 is 19.2 Å². The molecule has 31 heavy (non-hydrogen) atoms. The molecule has 0 saturated heterocycles. The number of nitrogens with zero attached hydrogens (tertiary/aromatic N) is 3. The number of carbonyl (C=O) groups is 3. The third-order valence-electron chi connectivity index (χ3n) is 6.16. The maximum Gasteiger partial charge on any atom is 0.352 e. The first kappa shape index (κ1) is 19.5. The maximum atomic E-state index is 12.8. The number of fused-ring (bicyclic) bond motifs is 4. The molecule has 1 aromatic heterocycles. The smallest absolute Gasteiger partial charge is 0.333 e. The Kier molecular flexibility index (Phi) is 4.63. The predicted molar refractivity (Wildman–Crippen MR) is 114 cm³/mol. The zero-order valence-electron chi connectivity index (χ0n) is 17.5. The molecule has 5 rings (SSSR count). The Balaban J connectivity index is 1.42. The van der Waals surface area contributed by atoms with Crippen LogP contribution in [-0.4, -0.2) is 44.9 Å². The molecule has 7 nitrogen and oxygen atoms in total. The Labute approximate surface area is 179 Å². The zero-order chi connectivity index (χ0) is 21.7. The Hall–Kier alpha value is -3.45. The molecule has 0 aliphatic carbocycles. The van der Waals surface area contributed by atoms with Gasteiger partial charge in [-0.3, -0.25) is 14.5 Å². The van der Waals surface area contributed by atoms with Crippen LogP contribution in [0.5, 0.6) is 0 Å². The SMILES string of the molecule is CC(C)N1CCc2c(c3ccccc3n2CC(=O)ON2C(=O)c3ccccc3C2=O)C1. The summed E-state index contributed by atoms with van der Waals surface area (Å²) in [5.41, 5.74) is 3.79. The van der Waals surface area contributed by atoms with E-state index in [2.05, 4.69) is 24.8 Å². The van der Waals surface area contributed by atoms with Crippen molar-refractivity contribution in [3.05, 3.63) is 70.9 Å². The summed E-state index contributed by atoms with van der Waals surface area (Å²) in [5, 5.41) is 1.70. The van der Waals surface area contributed by atoms with Gasteiger partial charge in [0.25, 0.3) is 11.8 Å². The average molecular weight is 417 g/mol. The second-order valence-electron chi connectivity index (χ2n) is 8.26. The van der Waals surface area contributed by atoms with Gasteiger partial charge in [0.2, 0.25) is 0 Å². The molecule has 0 spiro atoms. The highest BCUT2D eigenvalue weighted by molar-refractivity contribution is 6.20. The average Bonchev–Trinajstić information content (AvgIpc) is 3.21. The molecule has 0 saturated carbocycles. The monoisotopic (exact) mass is 417 g/mol. The standard InChI is InChI=1S/C24H23N3O4/c1-15(2)25-12-11-21-19(13-25)16-7-5-6-10-20(16)26(21)14-22(28)31-27-23(29)17-8-3-4-9-18(17)24(27)30/h3-10,15H,11-14H2,1-2H3. The number of hydrogen-bond acceptors (Lipinski definition) is 5. The van der Waals surface area contributed by atoms with E-state index in [-0.39, 0.29) is 17.7 Å². The molecule has 7 heteroatoms. The van der Waals surface area contributed by atoms with Gasteiger partial charge in [0, 0.05) is 42.1 Å². The molecule has 3 heterocycles. The molecule has 0 atom stereocenters. The van der Waals surface area contributed by atoms with Crippen molar-refractivity contribution in [2.24, 2.45) is 0 Å². The lowest BCUT2D eigenvalue weighted by Gasteiger charge is -2.31. The molecule has 0 radical (unpaired) electrons. The van der Waals surface area contributed by atoms with Gasteiger partial charge >= 0.3 is 5.97 Å². The highest BCUT2D eigenvalue weighted by atomic mass is 16.7. The number of amides is 2. The molecule has 2 aromatic carbocycles. The minimum atomic E-state index is -0.649. The Morgan fingerprint density at radius 3 is 2.32 bits per heavy atom. The summed E-state index contributed by atoms with van der Waals surface area (Å²) in [6.45, 7) is 6.04. The van der Waals surface area contributed by atoms with Crippen LogP contribution in [0.3, 0.4) is 0 Å². The number of imide groups is 1. The van der Waals surface area contributed by atoms with E-state index in [0.717, 1.165) is 36.1 Å². The van der Waals surface area contributed by atoms with Gasteiger partial charge in [-0.15, -0.1) is 0 Å². The topological polar surface area (TPSA) is 71.8 Å². The number of hydrogen-bond donors (Lipinski definition) is 0. The second-order valence-corrected chi connectivity index (χ2v) is 8.26. The molecule has 2 aliphatic heterocycles. The molecule has 0 bridgehead atoms. The van der Waals surface area contributed by atoms with Gasteiger partial charge in [-0.2, -0.15) is 0 Å². The lowest BCUT2D eigenvalue weighted by molar-refractivity contribution is -0.169. The van der Waals surface area contributed by atoms with E-state index in [1.165, 1.54) is 5.56 Å². The molecule has 158 valence electrons. The molecule has 2 amide bonds. The van der Waals surface area contributed by atoms with Crippen molar-refractivity contribution in [1.29, 1.82) is 0 Å². The van der Waals surface area contributed by atoms with Gasteiger partial charge < -0.3 is 9.40 Å². The van der Waals surface area contributed by atoms with Gasteiger partial charge in [0.1, 0.15) is 6.54 Å². The molecule has 0 N–H and O–H groups in total. The van der Waals surface area contributed by atoms with E-state index in [1.807, 2.05) is 22.8 Å². The van der Waals surface area contributed by atoms with Crippen molar-refractivity contribution >= 4 is 28.7 Å². The lowest BCUT2D eigenvalue weighted by atomic mass is 10.0. The van der Waals surface area contributed by atoms with Crippen LogP contribution in [0.4, 0.5) is 0 Å². The number of carbonyl (C=O) groups excluding carboxylic acids is 3. The highest BCUT2D eigenvalue weighted by Gasteiger charge is 2.38. The summed E-state index contributed by atoms with van der Waals surface area (Å²) >= 11 is 0. The van der Waals surface area contributed by atoms with Gasteiger partial charge in [-0.1, -0.05) is 35.4 Å². The zero-order valence-corrected chi connectivity index (χ0v) is 17.5. The van der Waals surface area contributed by atoms with Crippen molar-refractivity contribution in [1.82, 2.24) is 14.5 Å². The highest BCUT2D eigenvalue weighted by Crippen LogP contribution is 2.32. The molecule has 2 aliphatic rings. The molecular formula is C24H23N3O4. The van der Waals surface area contributed by atoms with Crippen LogP contribution >= 0.6 is 0 Å². The number of para-hydroxylation sites is 1. The van der Waals surface area contributed by atoms with Gasteiger partial charge in [-0.25, -0.2) is 4.79 Å². The van der Waals surface area contributed by atoms with Crippen LogP contribution in [0.1, 0.15) is 45.8 Å². The number of benzene rings is 2. The summed E-state index contributed by atoms with van der Waals surface area (Å²) in [6, 6.07) is 14.9. The van der Waals surface area contributed by atoms with Crippen molar-refractivity contribution in [3.63, 3.8) is 0 Å². The first-order valence-electron chi connectivity index (χ1n) is 10.5. The summed E-state index contributed by atoms with van der Waals surface area (Å²) in [4.78, 5) is 45.5. The van der Waals surface area contributed by atoms with Crippen LogP contribution in [0.15, 0.2) is 48.5 Å². The van der Waals surface area contributed by atoms with Crippen LogP contribution in [0, 0.1) is 0 Å². The third-order valence-corrected chi connectivity index (χ3v) is 6.16. The number of rotatable bonds is 4. The van der Waals surface area contributed by atoms with E-state index in [4.69, 9.17) is 4.84 Å². The minimum absolute atomic E-state index is 0.0646. The Morgan fingerprint density at radius 1 is 1.00 bits per heavy atom.